The van der Waals surface area contributed by atoms with Crippen LogP contribution in [0.5, 0.6) is 0 Å². The van der Waals surface area contributed by atoms with E-state index in [1.807, 2.05) is 0 Å². The Morgan fingerprint density at radius 2 is 1.18 bits per heavy atom. The van der Waals surface area contributed by atoms with Crippen LogP contribution in [0.25, 0.3) is 23.0 Å². The standard InChI is InChI=1S/C13H11N7O4.3ClH.V/c1-17-10(19(21)22)6-14-12(17)8-4-3-5-9(16-8)13-15-7-11(18(13)2)20(23)24;;;;/h3-7H,1-2H3;3*1H;/q;;;;+3/p-3. The largest absolute Gasteiger partial charge is 3.00 e. The van der Waals surface area contributed by atoms with Crippen molar-refractivity contribution in [1.82, 2.24) is 24.1 Å². The van der Waals surface area contributed by atoms with E-state index in [0.717, 1.165) is 12.4 Å². The van der Waals surface area contributed by atoms with Gasteiger partial charge >= 0.3 is 30.2 Å². The normalized spacial score (nSPS) is 9.21. The summed E-state index contributed by atoms with van der Waals surface area (Å²) in [6.07, 6.45) is 2.30. The number of imidazole rings is 2. The number of hydrogen-bond donors (Lipinski definition) is 0. The molecule has 0 saturated carbocycles. The molecule has 0 bridgehead atoms. The molecule has 0 radical (unpaired) electrons. The third kappa shape index (κ3) is 5.00. The molecule has 3 aromatic heterocycles. The number of rotatable bonds is 4. The summed E-state index contributed by atoms with van der Waals surface area (Å²) in [6, 6.07) is 4.97. The molecule has 28 heavy (non-hydrogen) atoms. The summed E-state index contributed by atoms with van der Waals surface area (Å²) in [5.74, 6) is 0.300. The molecule has 0 fully saturated rings. The average molecular weight is 487 g/mol. The summed E-state index contributed by atoms with van der Waals surface area (Å²) in [7, 11) is 3.03. The Morgan fingerprint density at radius 3 is 1.46 bits per heavy atom. The molecule has 0 atom stereocenters. The van der Waals surface area contributed by atoms with Crippen LogP contribution in [0.2, 0.25) is 0 Å². The van der Waals surface area contributed by atoms with Gasteiger partial charge in [-0.1, -0.05) is 6.07 Å². The monoisotopic (exact) mass is 485 g/mol. The molecule has 0 unspecified atom stereocenters. The van der Waals surface area contributed by atoms with Crippen molar-refractivity contribution in [2.24, 2.45) is 14.1 Å². The van der Waals surface area contributed by atoms with Gasteiger partial charge in [0.2, 0.25) is 11.6 Å². The molecule has 0 spiro atoms. The second kappa shape index (κ2) is 11.0. The summed E-state index contributed by atoms with van der Waals surface area (Å²) in [6.45, 7) is 0. The molecule has 0 amide bonds. The maximum atomic E-state index is 10.9. The molecule has 11 nitrogen and oxygen atoms in total. The summed E-state index contributed by atoms with van der Waals surface area (Å²) >= 11 is 0. The molecule has 148 valence electrons. The van der Waals surface area contributed by atoms with Gasteiger partial charge in [0.25, 0.3) is 0 Å². The van der Waals surface area contributed by atoms with E-state index in [-0.39, 0.29) is 67.4 Å². The fourth-order valence-corrected chi connectivity index (χ4v) is 2.30. The zero-order valence-corrected chi connectivity index (χ0v) is 17.9. The fourth-order valence-electron chi connectivity index (χ4n) is 2.30. The first kappa shape index (κ1) is 28.0. The molecule has 3 rings (SSSR count). The van der Waals surface area contributed by atoms with Gasteiger partial charge in [0.1, 0.15) is 23.8 Å². The molecular weight excluding hydrogens is 475 g/mol. The van der Waals surface area contributed by atoms with Crippen molar-refractivity contribution in [2.75, 3.05) is 0 Å². The Balaban J connectivity index is 0. The predicted octanol–water partition coefficient (Wildman–Crippen LogP) is -7.29. The molecule has 3 aromatic rings. The zero-order chi connectivity index (χ0) is 17.4. The molecule has 0 saturated heterocycles. The first-order valence-corrected chi connectivity index (χ1v) is 6.70. The van der Waals surface area contributed by atoms with E-state index in [2.05, 4.69) is 15.0 Å². The first-order chi connectivity index (χ1) is 11.4. The van der Waals surface area contributed by atoms with Crippen molar-refractivity contribution in [3.63, 3.8) is 0 Å². The zero-order valence-electron chi connectivity index (χ0n) is 14.2. The number of aromatic nitrogens is 5. The summed E-state index contributed by atoms with van der Waals surface area (Å²) in [5, 5.41) is 21.8. The smallest absolute Gasteiger partial charge is 1.00 e. The van der Waals surface area contributed by atoms with E-state index in [1.54, 1.807) is 18.2 Å². The van der Waals surface area contributed by atoms with Gasteiger partial charge in [-0.3, -0.25) is 0 Å². The van der Waals surface area contributed by atoms with Crippen LogP contribution in [-0.2, 0) is 32.7 Å². The van der Waals surface area contributed by atoms with Crippen molar-refractivity contribution in [3.05, 3.63) is 50.8 Å². The van der Waals surface area contributed by atoms with Gasteiger partial charge in [0.05, 0.1) is 14.1 Å². The van der Waals surface area contributed by atoms with Crippen molar-refractivity contribution < 1.29 is 65.6 Å². The van der Waals surface area contributed by atoms with Crippen LogP contribution in [0.4, 0.5) is 11.6 Å². The van der Waals surface area contributed by atoms with E-state index in [4.69, 9.17) is 0 Å². The van der Waals surface area contributed by atoms with Gasteiger partial charge in [0, 0.05) is 0 Å². The van der Waals surface area contributed by atoms with Crippen LogP contribution in [0.1, 0.15) is 0 Å². The third-order valence-corrected chi connectivity index (χ3v) is 3.51. The molecule has 0 N–H and O–H groups in total. The van der Waals surface area contributed by atoms with Crippen LogP contribution < -0.4 is 37.2 Å². The minimum atomic E-state index is -0.539. The Kier molecular flexibility index (Phi) is 11.0. The quantitative estimate of drug-likeness (QED) is 0.264. The number of pyridine rings is 1. The second-order valence-electron chi connectivity index (χ2n) is 4.92. The Morgan fingerprint density at radius 1 is 0.821 bits per heavy atom. The Labute approximate surface area is 189 Å². The number of nitro groups is 2. The maximum absolute atomic E-state index is 10.9. The summed E-state index contributed by atoms with van der Waals surface area (Å²) in [5.41, 5.74) is 0.794. The maximum Gasteiger partial charge on any atom is 3.00 e. The predicted molar refractivity (Wildman–Crippen MR) is 81.9 cm³/mol. The van der Waals surface area contributed by atoms with Crippen molar-refractivity contribution in [1.29, 1.82) is 0 Å². The molecule has 3 heterocycles. The van der Waals surface area contributed by atoms with E-state index < -0.39 is 9.85 Å². The van der Waals surface area contributed by atoms with E-state index in [9.17, 15) is 20.2 Å². The van der Waals surface area contributed by atoms with Gasteiger partial charge < -0.3 is 57.4 Å². The fraction of sp³-hybridized carbons (Fsp3) is 0.154. The number of halogens is 3. The van der Waals surface area contributed by atoms with Crippen LogP contribution >= 0.6 is 0 Å². The van der Waals surface area contributed by atoms with Gasteiger partial charge in [-0.15, -0.1) is 0 Å². The molecular formula is C13H11Cl3N7O4V. The minimum Gasteiger partial charge on any atom is -1.00 e. The van der Waals surface area contributed by atoms with Crippen LogP contribution in [0.3, 0.4) is 0 Å². The second-order valence-corrected chi connectivity index (χ2v) is 4.92. The average Bonchev–Trinajstić information content (AvgIpc) is 3.10. The van der Waals surface area contributed by atoms with Crippen molar-refractivity contribution in [3.8, 4) is 23.0 Å². The van der Waals surface area contributed by atoms with Gasteiger partial charge in [-0.25, -0.2) is 24.1 Å². The van der Waals surface area contributed by atoms with Crippen LogP contribution in [0.15, 0.2) is 30.6 Å². The SMILES string of the molecule is Cn1c([N+](=O)[O-])cnc1-c1cccc(-c2ncc([N+](=O)[O-])n2C)n1.[Cl-].[Cl-].[Cl-].[V+3]. The molecule has 0 aliphatic heterocycles. The molecule has 0 aromatic carbocycles. The van der Waals surface area contributed by atoms with Gasteiger partial charge in [0.15, 0.2) is 0 Å². The summed E-state index contributed by atoms with van der Waals surface area (Å²) in [4.78, 5) is 33.2. The van der Waals surface area contributed by atoms with E-state index in [1.165, 1.54) is 23.2 Å². The Bertz CT molecular complexity index is 905. The molecule has 0 aliphatic rings. The number of hydrogen-bond acceptors (Lipinski definition) is 7. The number of nitrogens with zero attached hydrogens (tertiary/aromatic N) is 7. The minimum absolute atomic E-state index is 0. The molecule has 15 heteroatoms. The first-order valence-electron chi connectivity index (χ1n) is 6.70. The van der Waals surface area contributed by atoms with Crippen molar-refractivity contribution >= 4 is 11.6 Å². The van der Waals surface area contributed by atoms with Crippen LogP contribution in [0, 0.1) is 20.2 Å². The van der Waals surface area contributed by atoms with E-state index >= 15 is 0 Å². The van der Waals surface area contributed by atoms with Crippen molar-refractivity contribution in [2.45, 2.75) is 0 Å². The van der Waals surface area contributed by atoms with E-state index in [0.29, 0.717) is 23.0 Å². The molecule has 0 aliphatic carbocycles. The summed E-state index contributed by atoms with van der Waals surface area (Å²) < 4.78 is 2.62. The van der Waals surface area contributed by atoms with Crippen LogP contribution in [-0.4, -0.2) is 33.9 Å². The van der Waals surface area contributed by atoms with Gasteiger partial charge in [-0.2, -0.15) is 0 Å². The Hall–Kier alpha value is -2.18. The third-order valence-electron chi connectivity index (χ3n) is 3.51. The van der Waals surface area contributed by atoms with Gasteiger partial charge in [-0.05, 0) is 22.0 Å². The topological polar surface area (TPSA) is 135 Å².